The van der Waals surface area contributed by atoms with Gasteiger partial charge >= 0.3 is 0 Å². The normalized spacial score (nSPS) is 10.6. The van der Waals surface area contributed by atoms with Crippen molar-refractivity contribution >= 4 is 16.8 Å². The van der Waals surface area contributed by atoms with E-state index in [-0.39, 0.29) is 5.91 Å². The van der Waals surface area contributed by atoms with Crippen LogP contribution < -0.4 is 14.8 Å². The van der Waals surface area contributed by atoms with Crippen LogP contribution >= 0.6 is 0 Å². The van der Waals surface area contributed by atoms with E-state index in [1.54, 1.807) is 32.4 Å². The molecule has 0 aliphatic rings. The molecule has 25 heavy (non-hydrogen) atoms. The topological polar surface area (TPSA) is 52.5 Å². The first-order valence-electron chi connectivity index (χ1n) is 8.27. The van der Waals surface area contributed by atoms with Gasteiger partial charge in [0.25, 0.3) is 5.91 Å². The molecule has 3 rings (SSSR count). The van der Waals surface area contributed by atoms with Crippen molar-refractivity contribution in [3.63, 3.8) is 0 Å². The van der Waals surface area contributed by atoms with Crippen molar-refractivity contribution in [1.82, 2.24) is 9.88 Å². The maximum absolute atomic E-state index is 12.4. The molecule has 2 aromatic carbocycles. The molecule has 0 aliphatic carbocycles. The van der Waals surface area contributed by atoms with Crippen LogP contribution in [-0.4, -0.2) is 31.2 Å². The quantitative estimate of drug-likeness (QED) is 0.671. The number of aryl methyl sites for hydroxylation is 1. The summed E-state index contributed by atoms with van der Waals surface area (Å²) in [5, 5.41) is 4.18. The van der Waals surface area contributed by atoms with Gasteiger partial charge in [-0.05, 0) is 36.1 Å². The second kappa shape index (κ2) is 7.75. The number of amides is 1. The molecule has 0 bridgehead atoms. The van der Waals surface area contributed by atoms with Gasteiger partial charge in [-0.1, -0.05) is 18.2 Å². The predicted octanol–water partition coefficient (Wildman–Crippen LogP) is 3.48. The van der Waals surface area contributed by atoms with E-state index in [1.807, 2.05) is 12.1 Å². The van der Waals surface area contributed by atoms with Crippen molar-refractivity contribution in [1.29, 1.82) is 0 Å². The number of hydrogen-bond acceptors (Lipinski definition) is 3. The number of hydrogen-bond donors (Lipinski definition) is 1. The van der Waals surface area contributed by atoms with Gasteiger partial charge in [0.2, 0.25) is 0 Å². The Morgan fingerprint density at radius 2 is 1.92 bits per heavy atom. The third-order valence-electron chi connectivity index (χ3n) is 4.19. The number of carbonyl (C=O) groups excluding carboxylic acids is 1. The van der Waals surface area contributed by atoms with E-state index in [0.29, 0.717) is 23.6 Å². The number of para-hydroxylation sites is 1. The van der Waals surface area contributed by atoms with Crippen molar-refractivity contribution < 1.29 is 14.3 Å². The lowest BCUT2D eigenvalue weighted by molar-refractivity contribution is 0.0949. The van der Waals surface area contributed by atoms with Crippen molar-refractivity contribution in [3.05, 3.63) is 60.3 Å². The molecule has 5 heteroatoms. The molecule has 0 atom stereocenters. The van der Waals surface area contributed by atoms with E-state index in [1.165, 1.54) is 10.9 Å². The summed E-state index contributed by atoms with van der Waals surface area (Å²) in [6, 6.07) is 15.6. The first-order valence-corrected chi connectivity index (χ1v) is 8.27. The van der Waals surface area contributed by atoms with Crippen LogP contribution in [0.5, 0.6) is 11.5 Å². The van der Waals surface area contributed by atoms with E-state index in [2.05, 4.69) is 34.3 Å². The summed E-state index contributed by atoms with van der Waals surface area (Å²) in [5.41, 5.74) is 1.72. The lowest BCUT2D eigenvalue weighted by atomic mass is 10.1. The monoisotopic (exact) mass is 338 g/mol. The fraction of sp³-hybridized carbons (Fsp3) is 0.250. The van der Waals surface area contributed by atoms with Gasteiger partial charge < -0.3 is 19.4 Å². The summed E-state index contributed by atoms with van der Waals surface area (Å²) >= 11 is 0. The molecule has 1 amide bonds. The summed E-state index contributed by atoms with van der Waals surface area (Å²) in [6.07, 6.45) is 2.93. The summed E-state index contributed by atoms with van der Waals surface area (Å²) in [6.45, 7) is 1.45. The minimum atomic E-state index is -0.142. The molecule has 0 spiro atoms. The Hall–Kier alpha value is -2.95. The van der Waals surface area contributed by atoms with Gasteiger partial charge in [-0.25, -0.2) is 0 Å². The van der Waals surface area contributed by atoms with Crippen LogP contribution in [0.4, 0.5) is 0 Å². The molecule has 0 unspecified atom stereocenters. The van der Waals surface area contributed by atoms with Crippen LogP contribution in [0.1, 0.15) is 16.8 Å². The Bertz CT molecular complexity index is 870. The Morgan fingerprint density at radius 3 is 2.72 bits per heavy atom. The zero-order valence-electron chi connectivity index (χ0n) is 14.5. The highest BCUT2D eigenvalue weighted by molar-refractivity contribution is 5.97. The molecule has 0 saturated heterocycles. The molecule has 130 valence electrons. The first-order chi connectivity index (χ1) is 12.2. The minimum Gasteiger partial charge on any atom is -0.497 e. The SMILES string of the molecule is COc1ccc(C(=O)NCCCn2ccc3ccccc32)c(OC)c1. The third kappa shape index (κ3) is 3.76. The molecule has 1 N–H and O–H groups in total. The molecule has 0 fully saturated rings. The number of nitrogens with zero attached hydrogens (tertiary/aromatic N) is 1. The molecule has 1 heterocycles. The zero-order valence-corrected chi connectivity index (χ0v) is 14.5. The summed E-state index contributed by atoms with van der Waals surface area (Å²) < 4.78 is 12.6. The largest absolute Gasteiger partial charge is 0.497 e. The van der Waals surface area contributed by atoms with Crippen molar-refractivity contribution in [2.75, 3.05) is 20.8 Å². The van der Waals surface area contributed by atoms with Gasteiger partial charge in [-0.15, -0.1) is 0 Å². The molecule has 1 aromatic heterocycles. The highest BCUT2D eigenvalue weighted by Crippen LogP contribution is 2.24. The molecule has 0 saturated carbocycles. The van der Waals surface area contributed by atoms with E-state index in [0.717, 1.165) is 13.0 Å². The lowest BCUT2D eigenvalue weighted by Crippen LogP contribution is -2.25. The summed E-state index contributed by atoms with van der Waals surface area (Å²) in [4.78, 5) is 12.4. The minimum absolute atomic E-state index is 0.142. The first kappa shape index (κ1) is 16.9. The Kier molecular flexibility index (Phi) is 5.23. The number of carbonyl (C=O) groups is 1. The number of methoxy groups -OCH3 is 2. The highest BCUT2D eigenvalue weighted by atomic mass is 16.5. The smallest absolute Gasteiger partial charge is 0.255 e. The van der Waals surface area contributed by atoms with Crippen molar-refractivity contribution in [2.24, 2.45) is 0 Å². The van der Waals surface area contributed by atoms with E-state index in [9.17, 15) is 4.79 Å². The molecule has 3 aromatic rings. The summed E-state index contributed by atoms with van der Waals surface area (Å²) in [5.74, 6) is 1.03. The average Bonchev–Trinajstić information content (AvgIpc) is 3.07. The molecule has 0 aliphatic heterocycles. The maximum atomic E-state index is 12.4. The van der Waals surface area contributed by atoms with Gasteiger partial charge in [-0.3, -0.25) is 4.79 Å². The zero-order chi connectivity index (χ0) is 17.6. The Labute approximate surface area is 147 Å². The summed E-state index contributed by atoms with van der Waals surface area (Å²) in [7, 11) is 3.13. The fourth-order valence-electron chi connectivity index (χ4n) is 2.87. The number of rotatable bonds is 7. The van der Waals surface area contributed by atoms with Crippen LogP contribution in [0.2, 0.25) is 0 Å². The van der Waals surface area contributed by atoms with Crippen LogP contribution in [0.3, 0.4) is 0 Å². The number of benzene rings is 2. The van der Waals surface area contributed by atoms with Gasteiger partial charge in [0.05, 0.1) is 19.8 Å². The second-order valence-corrected chi connectivity index (χ2v) is 5.74. The van der Waals surface area contributed by atoms with Crippen LogP contribution in [-0.2, 0) is 6.54 Å². The van der Waals surface area contributed by atoms with E-state index in [4.69, 9.17) is 9.47 Å². The third-order valence-corrected chi connectivity index (χ3v) is 4.19. The fourth-order valence-corrected chi connectivity index (χ4v) is 2.87. The van der Waals surface area contributed by atoms with Gasteiger partial charge in [-0.2, -0.15) is 0 Å². The number of fused-ring (bicyclic) bond motifs is 1. The molecule has 0 radical (unpaired) electrons. The highest BCUT2D eigenvalue weighted by Gasteiger charge is 2.12. The van der Waals surface area contributed by atoms with Gasteiger partial charge in [0.15, 0.2) is 0 Å². The van der Waals surface area contributed by atoms with Crippen LogP contribution in [0, 0.1) is 0 Å². The van der Waals surface area contributed by atoms with Gasteiger partial charge in [0.1, 0.15) is 11.5 Å². The average molecular weight is 338 g/mol. The maximum Gasteiger partial charge on any atom is 0.255 e. The number of nitrogens with one attached hydrogen (secondary N) is 1. The Balaban J connectivity index is 1.56. The van der Waals surface area contributed by atoms with Crippen molar-refractivity contribution in [2.45, 2.75) is 13.0 Å². The Morgan fingerprint density at radius 1 is 1.08 bits per heavy atom. The van der Waals surface area contributed by atoms with Crippen LogP contribution in [0.15, 0.2) is 54.7 Å². The lowest BCUT2D eigenvalue weighted by Gasteiger charge is -2.11. The van der Waals surface area contributed by atoms with Gasteiger partial charge in [0, 0.05) is 30.9 Å². The standard InChI is InChI=1S/C20H22N2O3/c1-24-16-8-9-17(19(14-16)25-2)20(23)21-11-5-12-22-13-10-15-6-3-4-7-18(15)22/h3-4,6-10,13-14H,5,11-12H2,1-2H3,(H,21,23). The van der Waals surface area contributed by atoms with Crippen LogP contribution in [0.25, 0.3) is 10.9 Å². The number of ether oxygens (including phenoxy) is 2. The second-order valence-electron chi connectivity index (χ2n) is 5.74. The molecule has 5 nitrogen and oxygen atoms in total. The van der Waals surface area contributed by atoms with E-state index < -0.39 is 0 Å². The van der Waals surface area contributed by atoms with E-state index >= 15 is 0 Å². The predicted molar refractivity (Wildman–Crippen MR) is 98.4 cm³/mol. The molecular formula is C20H22N2O3. The molecular weight excluding hydrogens is 316 g/mol. The number of aromatic nitrogens is 1. The van der Waals surface area contributed by atoms with Crippen molar-refractivity contribution in [3.8, 4) is 11.5 Å².